The van der Waals surface area contributed by atoms with Crippen LogP contribution in [0.25, 0.3) is 0 Å². The van der Waals surface area contributed by atoms with Gasteiger partial charge in [-0.05, 0) is 30.7 Å². The molecule has 1 aliphatic heterocycles. The Kier molecular flexibility index (Phi) is 5.56. The molecule has 0 bridgehead atoms. The van der Waals surface area contributed by atoms with E-state index in [1.165, 1.54) is 5.56 Å². The average molecular weight is 294 g/mol. The third-order valence-corrected chi connectivity index (χ3v) is 3.99. The van der Waals surface area contributed by atoms with Gasteiger partial charge in [-0.25, -0.2) is 0 Å². The SMILES string of the molecule is CC.Cc1ccc(C(=O)Cc2ccc3c(c2)B(O)CC3)cc1. The molecule has 0 aliphatic carbocycles. The molecule has 0 atom stereocenters. The van der Waals surface area contributed by atoms with E-state index in [-0.39, 0.29) is 12.7 Å². The van der Waals surface area contributed by atoms with Crippen molar-refractivity contribution in [3.8, 4) is 0 Å². The lowest BCUT2D eigenvalue weighted by molar-refractivity contribution is 0.0993. The summed E-state index contributed by atoms with van der Waals surface area (Å²) in [7, 11) is 0. The molecule has 1 N–H and O–H groups in total. The number of carbonyl (C=O) groups excluding carboxylic acids is 1. The van der Waals surface area contributed by atoms with Crippen molar-refractivity contribution in [2.24, 2.45) is 0 Å². The Balaban J connectivity index is 0.000000847. The number of aryl methyl sites for hydroxylation is 2. The normalized spacial score (nSPS) is 12.5. The van der Waals surface area contributed by atoms with Gasteiger partial charge in [-0.3, -0.25) is 4.79 Å². The van der Waals surface area contributed by atoms with Gasteiger partial charge in [0.2, 0.25) is 0 Å². The van der Waals surface area contributed by atoms with Crippen molar-refractivity contribution in [1.82, 2.24) is 0 Å². The fraction of sp³-hybridized carbons (Fsp3) is 0.316. The van der Waals surface area contributed by atoms with Crippen molar-refractivity contribution < 1.29 is 9.82 Å². The molecule has 3 heteroatoms. The quantitative estimate of drug-likeness (QED) is 0.697. The monoisotopic (exact) mass is 294 g/mol. The van der Waals surface area contributed by atoms with Crippen molar-refractivity contribution >= 4 is 18.2 Å². The molecule has 0 saturated heterocycles. The summed E-state index contributed by atoms with van der Waals surface area (Å²) < 4.78 is 0. The molecule has 0 unspecified atom stereocenters. The highest BCUT2D eigenvalue weighted by atomic mass is 16.2. The number of carbonyl (C=O) groups is 1. The van der Waals surface area contributed by atoms with Crippen LogP contribution >= 0.6 is 0 Å². The summed E-state index contributed by atoms with van der Waals surface area (Å²) in [4.78, 5) is 12.2. The molecule has 2 aromatic rings. The van der Waals surface area contributed by atoms with E-state index in [0.29, 0.717) is 6.42 Å². The molecule has 0 spiro atoms. The van der Waals surface area contributed by atoms with Crippen LogP contribution in [0, 0.1) is 6.92 Å². The van der Waals surface area contributed by atoms with Crippen LogP contribution in [-0.4, -0.2) is 17.7 Å². The topological polar surface area (TPSA) is 37.3 Å². The summed E-state index contributed by atoms with van der Waals surface area (Å²) in [5.41, 5.74) is 5.09. The van der Waals surface area contributed by atoms with Crippen LogP contribution < -0.4 is 5.46 Å². The second-order valence-electron chi connectivity index (χ2n) is 5.55. The predicted molar refractivity (Wildman–Crippen MR) is 93.1 cm³/mol. The molecule has 2 aromatic carbocycles. The van der Waals surface area contributed by atoms with E-state index in [9.17, 15) is 9.82 Å². The molecule has 0 amide bonds. The van der Waals surface area contributed by atoms with E-state index >= 15 is 0 Å². The highest BCUT2D eigenvalue weighted by Crippen LogP contribution is 2.16. The Morgan fingerprint density at radius 3 is 2.50 bits per heavy atom. The smallest absolute Gasteiger partial charge is 0.324 e. The zero-order valence-electron chi connectivity index (χ0n) is 13.6. The van der Waals surface area contributed by atoms with Gasteiger partial charge in [-0.15, -0.1) is 0 Å². The van der Waals surface area contributed by atoms with Crippen LogP contribution in [0.5, 0.6) is 0 Å². The van der Waals surface area contributed by atoms with E-state index in [0.717, 1.165) is 34.9 Å². The van der Waals surface area contributed by atoms with Crippen molar-refractivity contribution in [3.05, 3.63) is 64.7 Å². The Bertz CT molecular complexity index is 647. The Morgan fingerprint density at radius 1 is 1.14 bits per heavy atom. The van der Waals surface area contributed by atoms with Crippen LogP contribution in [0.1, 0.15) is 40.9 Å². The van der Waals surface area contributed by atoms with Gasteiger partial charge in [-0.1, -0.05) is 67.4 Å². The summed E-state index contributed by atoms with van der Waals surface area (Å²) in [6.07, 6.45) is 2.12. The van der Waals surface area contributed by atoms with Gasteiger partial charge < -0.3 is 5.02 Å². The Hall–Kier alpha value is -1.87. The number of Topliss-reactive ketones (excluding diaryl/α,β-unsaturated/α-hetero) is 1. The first-order valence-corrected chi connectivity index (χ1v) is 8.03. The average Bonchev–Trinajstić information content (AvgIpc) is 2.91. The Morgan fingerprint density at radius 2 is 1.82 bits per heavy atom. The van der Waals surface area contributed by atoms with Crippen LogP contribution in [-0.2, 0) is 12.8 Å². The largest absolute Gasteiger partial charge is 0.446 e. The first-order valence-electron chi connectivity index (χ1n) is 8.03. The maximum Gasteiger partial charge on any atom is 0.324 e. The van der Waals surface area contributed by atoms with Gasteiger partial charge in [-0.2, -0.15) is 0 Å². The minimum absolute atomic E-state index is 0.123. The lowest BCUT2D eigenvalue weighted by atomic mass is 9.63. The molecule has 0 fully saturated rings. The van der Waals surface area contributed by atoms with Gasteiger partial charge in [0.1, 0.15) is 0 Å². The molecular formula is C19H23BO2. The zero-order chi connectivity index (χ0) is 16.1. The first-order chi connectivity index (χ1) is 10.6. The van der Waals surface area contributed by atoms with E-state index in [4.69, 9.17) is 0 Å². The second kappa shape index (κ2) is 7.41. The fourth-order valence-electron chi connectivity index (χ4n) is 2.77. The molecule has 1 heterocycles. The predicted octanol–water partition coefficient (Wildman–Crippen LogP) is 3.19. The van der Waals surface area contributed by atoms with Gasteiger partial charge in [0.15, 0.2) is 5.78 Å². The molecule has 1 aliphatic rings. The highest BCUT2D eigenvalue weighted by Gasteiger charge is 2.24. The molecule has 0 radical (unpaired) electrons. The first kappa shape index (κ1) is 16.5. The van der Waals surface area contributed by atoms with Gasteiger partial charge in [0.25, 0.3) is 0 Å². The number of hydrogen-bond acceptors (Lipinski definition) is 2. The lowest BCUT2D eigenvalue weighted by Crippen LogP contribution is -2.26. The zero-order valence-corrected chi connectivity index (χ0v) is 13.6. The number of rotatable bonds is 3. The standard InChI is InChI=1S/C17H17BO2.C2H6/c1-12-2-5-15(6-3-12)17(19)11-13-4-7-14-8-9-18(20)16(14)10-13;1-2/h2-7,10,20H,8-9,11H2,1H3;1-2H3. The minimum atomic E-state index is -0.362. The number of benzene rings is 2. The van der Waals surface area contributed by atoms with Crippen LogP contribution in [0.2, 0.25) is 6.32 Å². The summed E-state index contributed by atoms with van der Waals surface area (Å²) in [5.74, 6) is 0.123. The summed E-state index contributed by atoms with van der Waals surface area (Å²) in [6.45, 7) is 5.65. The second-order valence-corrected chi connectivity index (χ2v) is 5.55. The lowest BCUT2D eigenvalue weighted by Gasteiger charge is -2.06. The minimum Gasteiger partial charge on any atom is -0.446 e. The summed E-state index contributed by atoms with van der Waals surface area (Å²) >= 11 is 0. The van der Waals surface area contributed by atoms with Gasteiger partial charge in [0.05, 0.1) is 0 Å². The third kappa shape index (κ3) is 3.66. The van der Waals surface area contributed by atoms with Crippen LogP contribution in [0.4, 0.5) is 0 Å². The number of fused-ring (bicyclic) bond motifs is 1. The van der Waals surface area contributed by atoms with E-state index in [1.807, 2.05) is 63.2 Å². The molecule has 22 heavy (non-hydrogen) atoms. The van der Waals surface area contributed by atoms with Crippen molar-refractivity contribution in [2.45, 2.75) is 39.9 Å². The number of hydrogen-bond donors (Lipinski definition) is 1. The van der Waals surface area contributed by atoms with E-state index in [1.54, 1.807) is 0 Å². The van der Waals surface area contributed by atoms with E-state index in [2.05, 4.69) is 0 Å². The summed E-state index contributed by atoms with van der Waals surface area (Å²) in [5, 5.41) is 9.90. The fourth-order valence-corrected chi connectivity index (χ4v) is 2.77. The molecule has 2 nitrogen and oxygen atoms in total. The van der Waals surface area contributed by atoms with E-state index < -0.39 is 0 Å². The molecule has 114 valence electrons. The third-order valence-electron chi connectivity index (χ3n) is 3.99. The molecular weight excluding hydrogens is 271 g/mol. The van der Waals surface area contributed by atoms with Crippen molar-refractivity contribution in [2.75, 3.05) is 0 Å². The van der Waals surface area contributed by atoms with Gasteiger partial charge in [0, 0.05) is 12.0 Å². The highest BCUT2D eigenvalue weighted by molar-refractivity contribution is 6.68. The van der Waals surface area contributed by atoms with Crippen molar-refractivity contribution in [1.29, 1.82) is 0 Å². The molecule has 0 aromatic heterocycles. The van der Waals surface area contributed by atoms with Crippen LogP contribution in [0.3, 0.4) is 0 Å². The molecule has 3 rings (SSSR count). The number of ketones is 1. The summed E-state index contributed by atoms with van der Waals surface area (Å²) in [6, 6.07) is 13.7. The Labute approximate surface area is 133 Å². The van der Waals surface area contributed by atoms with Crippen LogP contribution in [0.15, 0.2) is 42.5 Å². The maximum absolute atomic E-state index is 12.2. The van der Waals surface area contributed by atoms with Crippen molar-refractivity contribution in [3.63, 3.8) is 0 Å². The maximum atomic E-state index is 12.2. The molecule has 0 saturated carbocycles. The van der Waals surface area contributed by atoms with Gasteiger partial charge >= 0.3 is 6.92 Å².